The van der Waals surface area contributed by atoms with Gasteiger partial charge in [0.1, 0.15) is 12.3 Å². The normalized spacial score (nSPS) is 9.41. The summed E-state index contributed by atoms with van der Waals surface area (Å²) in [5.41, 5.74) is -0.897. The highest BCUT2D eigenvalue weighted by Crippen LogP contribution is 2.05. The average Bonchev–Trinajstić information content (AvgIpc) is 2.33. The van der Waals surface area contributed by atoms with Gasteiger partial charge in [-0.3, -0.25) is 4.79 Å². The van der Waals surface area contributed by atoms with E-state index in [1.165, 1.54) is 13.3 Å². The number of anilines is 1. The van der Waals surface area contributed by atoms with Gasteiger partial charge in [-0.25, -0.2) is 4.79 Å². The van der Waals surface area contributed by atoms with Gasteiger partial charge < -0.3 is 14.5 Å². The van der Waals surface area contributed by atoms with Gasteiger partial charge in [-0.2, -0.15) is 15.1 Å². The van der Waals surface area contributed by atoms with Crippen LogP contribution in [0.2, 0.25) is 0 Å². The summed E-state index contributed by atoms with van der Waals surface area (Å²) in [6.45, 7) is 0.195. The van der Waals surface area contributed by atoms with Crippen LogP contribution in [-0.4, -0.2) is 36.4 Å². The number of carbonyl (C=O) groups is 1. The lowest BCUT2D eigenvalue weighted by molar-refractivity contribution is 0.104. The zero-order valence-electron chi connectivity index (χ0n) is 9.04. The van der Waals surface area contributed by atoms with E-state index >= 15 is 0 Å². The van der Waals surface area contributed by atoms with Crippen LogP contribution in [0.1, 0.15) is 0 Å². The van der Waals surface area contributed by atoms with Crippen molar-refractivity contribution in [3.63, 3.8) is 0 Å². The lowest BCUT2D eigenvalue weighted by Gasteiger charge is -2.11. The van der Waals surface area contributed by atoms with Crippen LogP contribution in [-0.2, 0) is 9.47 Å². The van der Waals surface area contributed by atoms with E-state index in [-0.39, 0.29) is 18.9 Å². The van der Waals surface area contributed by atoms with Crippen molar-refractivity contribution in [1.82, 2.24) is 9.97 Å². The molecular formula is C9H10N4O4. The SMILES string of the molecule is COCCOC(=O)N(C#N)c1c[nH]cnc1=O. The Balaban J connectivity index is 2.79. The maximum atomic E-state index is 11.4. The van der Waals surface area contributed by atoms with E-state index in [9.17, 15) is 9.59 Å². The summed E-state index contributed by atoms with van der Waals surface area (Å²) in [4.78, 5) is 29.2. The molecule has 17 heavy (non-hydrogen) atoms. The highest BCUT2D eigenvalue weighted by atomic mass is 16.6. The van der Waals surface area contributed by atoms with Gasteiger partial charge in [-0.05, 0) is 0 Å². The van der Waals surface area contributed by atoms with Crippen molar-refractivity contribution in [2.45, 2.75) is 0 Å². The molecular weight excluding hydrogens is 228 g/mol. The van der Waals surface area contributed by atoms with Gasteiger partial charge in [-0.1, -0.05) is 0 Å². The third-order valence-corrected chi connectivity index (χ3v) is 1.73. The van der Waals surface area contributed by atoms with E-state index in [4.69, 9.17) is 10.00 Å². The molecule has 90 valence electrons. The van der Waals surface area contributed by atoms with Crippen LogP contribution in [0.4, 0.5) is 10.5 Å². The van der Waals surface area contributed by atoms with E-state index in [1.807, 2.05) is 0 Å². The summed E-state index contributed by atoms with van der Waals surface area (Å²) in [6, 6.07) is 0. The number of aromatic nitrogens is 2. The minimum Gasteiger partial charge on any atom is -0.446 e. The Kier molecular flexibility index (Phi) is 4.65. The smallest absolute Gasteiger partial charge is 0.428 e. The molecule has 0 unspecified atom stereocenters. The Bertz CT molecular complexity index is 478. The molecule has 8 heteroatoms. The minimum absolute atomic E-state index is 0.00825. The number of nitrogens with one attached hydrogen (secondary N) is 1. The standard InChI is InChI=1S/C9H10N4O4/c1-16-2-3-17-9(15)13(5-10)7-4-11-6-12-8(7)14/h4,6H,2-3H2,1H3,(H,11,12,14). The number of hydrogen-bond acceptors (Lipinski definition) is 6. The quantitative estimate of drug-likeness (QED) is 0.443. The van der Waals surface area contributed by atoms with Gasteiger partial charge in [0, 0.05) is 13.3 Å². The van der Waals surface area contributed by atoms with Crippen LogP contribution >= 0.6 is 0 Å². The van der Waals surface area contributed by atoms with E-state index in [0.717, 1.165) is 6.33 Å². The summed E-state index contributed by atoms with van der Waals surface area (Å²) in [5.74, 6) is 0. The fourth-order valence-electron chi connectivity index (χ4n) is 0.970. The van der Waals surface area contributed by atoms with Crippen molar-refractivity contribution in [2.75, 3.05) is 25.2 Å². The van der Waals surface area contributed by atoms with Gasteiger partial charge in [-0.15, -0.1) is 0 Å². The molecule has 0 aromatic carbocycles. The van der Waals surface area contributed by atoms with Crippen LogP contribution in [0.3, 0.4) is 0 Å². The second-order valence-corrected chi connectivity index (χ2v) is 2.80. The molecule has 0 aliphatic heterocycles. The predicted molar refractivity (Wildman–Crippen MR) is 56.2 cm³/mol. The molecule has 0 radical (unpaired) electrons. The lowest BCUT2D eigenvalue weighted by atomic mass is 10.5. The summed E-state index contributed by atoms with van der Waals surface area (Å²) < 4.78 is 9.38. The molecule has 0 saturated heterocycles. The minimum atomic E-state index is -0.956. The van der Waals surface area contributed by atoms with Crippen LogP contribution < -0.4 is 10.5 Å². The highest BCUT2D eigenvalue weighted by Gasteiger charge is 2.20. The first-order valence-electron chi connectivity index (χ1n) is 4.59. The summed E-state index contributed by atoms with van der Waals surface area (Å²) in [7, 11) is 1.45. The summed E-state index contributed by atoms with van der Waals surface area (Å²) in [5, 5.41) is 8.79. The number of amides is 1. The molecule has 1 rings (SSSR count). The number of carbonyl (C=O) groups excluding carboxylic acids is 1. The number of nitrogens with zero attached hydrogens (tertiary/aromatic N) is 3. The molecule has 0 atom stereocenters. The first-order valence-corrected chi connectivity index (χ1v) is 4.59. The van der Waals surface area contributed by atoms with E-state index in [1.54, 1.807) is 6.19 Å². The molecule has 0 saturated carbocycles. The van der Waals surface area contributed by atoms with E-state index in [2.05, 4.69) is 14.7 Å². The van der Waals surface area contributed by atoms with Gasteiger partial charge in [0.05, 0.1) is 12.9 Å². The van der Waals surface area contributed by atoms with Gasteiger partial charge >= 0.3 is 6.09 Å². The van der Waals surface area contributed by atoms with Crippen molar-refractivity contribution in [3.05, 3.63) is 22.9 Å². The zero-order chi connectivity index (χ0) is 12.7. The molecule has 0 aliphatic rings. The maximum Gasteiger partial charge on any atom is 0.428 e. The average molecular weight is 238 g/mol. The van der Waals surface area contributed by atoms with Crippen molar-refractivity contribution >= 4 is 11.8 Å². The monoisotopic (exact) mass is 238 g/mol. The molecule has 0 bridgehead atoms. The Morgan fingerprint density at radius 1 is 1.65 bits per heavy atom. The van der Waals surface area contributed by atoms with Crippen molar-refractivity contribution in [2.24, 2.45) is 0 Å². The van der Waals surface area contributed by atoms with Gasteiger partial charge in [0.25, 0.3) is 5.56 Å². The number of ether oxygens (including phenoxy) is 2. The molecule has 1 heterocycles. The second-order valence-electron chi connectivity index (χ2n) is 2.80. The van der Waals surface area contributed by atoms with Crippen LogP contribution in [0, 0.1) is 11.5 Å². The van der Waals surface area contributed by atoms with Crippen LogP contribution in [0.5, 0.6) is 0 Å². The van der Waals surface area contributed by atoms with Crippen molar-refractivity contribution in [3.8, 4) is 6.19 Å². The number of methoxy groups -OCH3 is 1. The van der Waals surface area contributed by atoms with Crippen molar-refractivity contribution < 1.29 is 14.3 Å². The number of H-pyrrole nitrogens is 1. The largest absolute Gasteiger partial charge is 0.446 e. The summed E-state index contributed by atoms with van der Waals surface area (Å²) in [6.07, 6.45) is 2.93. The third-order valence-electron chi connectivity index (χ3n) is 1.73. The number of hydrogen-bond donors (Lipinski definition) is 1. The maximum absolute atomic E-state index is 11.4. The fourth-order valence-corrected chi connectivity index (χ4v) is 0.970. The molecule has 1 amide bonds. The lowest BCUT2D eigenvalue weighted by Crippen LogP contribution is -2.32. The Labute approximate surface area is 96.4 Å². The van der Waals surface area contributed by atoms with Crippen LogP contribution in [0.25, 0.3) is 0 Å². The molecule has 8 nitrogen and oxygen atoms in total. The number of nitriles is 1. The predicted octanol–water partition coefficient (Wildman–Crippen LogP) is -0.160. The fraction of sp³-hybridized carbons (Fsp3) is 0.333. The van der Waals surface area contributed by atoms with Crippen molar-refractivity contribution in [1.29, 1.82) is 5.26 Å². The van der Waals surface area contributed by atoms with Gasteiger partial charge in [0.15, 0.2) is 6.19 Å². The first kappa shape index (κ1) is 12.7. The number of aromatic amines is 1. The highest BCUT2D eigenvalue weighted by molar-refractivity contribution is 5.90. The Morgan fingerprint density at radius 2 is 2.41 bits per heavy atom. The number of rotatable bonds is 4. The molecule has 1 aromatic heterocycles. The molecule has 0 spiro atoms. The Hall–Kier alpha value is -2.40. The molecule has 0 aliphatic carbocycles. The third kappa shape index (κ3) is 3.29. The van der Waals surface area contributed by atoms with E-state index in [0.29, 0.717) is 4.90 Å². The zero-order valence-corrected chi connectivity index (χ0v) is 9.04. The summed E-state index contributed by atoms with van der Waals surface area (Å²) >= 11 is 0. The second kappa shape index (κ2) is 6.24. The topological polar surface area (TPSA) is 108 Å². The molecule has 1 aromatic rings. The first-order chi connectivity index (χ1) is 8.20. The molecule has 0 fully saturated rings. The van der Waals surface area contributed by atoms with E-state index < -0.39 is 11.7 Å². The van der Waals surface area contributed by atoms with Crippen LogP contribution in [0.15, 0.2) is 17.3 Å². The Morgan fingerprint density at radius 3 is 3.00 bits per heavy atom. The molecule has 1 N–H and O–H groups in total. The van der Waals surface area contributed by atoms with Gasteiger partial charge in [0.2, 0.25) is 0 Å².